The number of nitrogens with one attached hydrogen (secondary N) is 1. The van der Waals surface area contributed by atoms with Crippen LogP contribution in [-0.4, -0.2) is 38.4 Å². The summed E-state index contributed by atoms with van der Waals surface area (Å²) in [6.45, 7) is 1.41. The molecule has 1 N–H and O–H groups in total. The highest BCUT2D eigenvalue weighted by Crippen LogP contribution is 2.22. The van der Waals surface area contributed by atoms with E-state index in [9.17, 15) is 9.59 Å². The summed E-state index contributed by atoms with van der Waals surface area (Å²) < 4.78 is 21.2. The molecular weight excluding hydrogens is 460 g/mol. The highest BCUT2D eigenvalue weighted by atomic mass is 35.5. The molecule has 0 bridgehead atoms. The molecular formula is C25H23ClN2O6. The molecule has 8 nitrogen and oxygen atoms in total. The molecule has 3 rings (SSSR count). The van der Waals surface area contributed by atoms with Gasteiger partial charge in [-0.25, -0.2) is 10.2 Å². The van der Waals surface area contributed by atoms with E-state index in [1.54, 1.807) is 73.8 Å². The molecule has 0 aliphatic heterocycles. The lowest BCUT2D eigenvalue weighted by Gasteiger charge is -2.09. The number of carbonyl (C=O) groups excluding carboxylic acids is 2. The predicted molar refractivity (Wildman–Crippen MR) is 128 cm³/mol. The van der Waals surface area contributed by atoms with E-state index in [2.05, 4.69) is 10.5 Å². The molecule has 0 atom stereocenters. The topological polar surface area (TPSA) is 95.5 Å². The molecule has 0 aromatic heterocycles. The fraction of sp³-hybridized carbons (Fsp3) is 0.160. The predicted octanol–water partition coefficient (Wildman–Crippen LogP) is 4.17. The Morgan fingerprint density at radius 2 is 1.59 bits per heavy atom. The Balaban J connectivity index is 1.40. The monoisotopic (exact) mass is 482 g/mol. The summed E-state index contributed by atoms with van der Waals surface area (Å²) in [6, 6.07) is 18.6. The number of amides is 1. The Kier molecular flexibility index (Phi) is 8.88. The number of rotatable bonds is 10. The molecule has 0 saturated carbocycles. The van der Waals surface area contributed by atoms with Crippen molar-refractivity contribution < 1.29 is 28.5 Å². The Morgan fingerprint density at radius 3 is 2.26 bits per heavy atom. The van der Waals surface area contributed by atoms with Crippen molar-refractivity contribution in [1.29, 1.82) is 0 Å². The normalized spacial score (nSPS) is 10.6. The molecule has 0 radical (unpaired) electrons. The molecule has 176 valence electrons. The highest BCUT2D eigenvalue weighted by Gasteiger charge is 2.08. The number of halogens is 1. The van der Waals surface area contributed by atoms with Crippen molar-refractivity contribution in [3.63, 3.8) is 0 Å². The van der Waals surface area contributed by atoms with Crippen LogP contribution < -0.4 is 24.4 Å². The lowest BCUT2D eigenvalue weighted by molar-refractivity contribution is -0.136. The van der Waals surface area contributed by atoms with Crippen LogP contribution >= 0.6 is 11.6 Å². The van der Waals surface area contributed by atoms with Crippen LogP contribution in [0.5, 0.6) is 23.0 Å². The maximum Gasteiger partial charge on any atom is 0.349 e. The summed E-state index contributed by atoms with van der Waals surface area (Å²) in [7, 11) is 1.57. The average molecular weight is 483 g/mol. The third-order valence-electron chi connectivity index (χ3n) is 4.43. The lowest BCUT2D eigenvalue weighted by Crippen LogP contribution is -2.24. The van der Waals surface area contributed by atoms with Gasteiger partial charge in [-0.05, 0) is 84.8 Å². The number of esters is 1. The van der Waals surface area contributed by atoms with Gasteiger partial charge in [0.05, 0.1) is 13.3 Å². The van der Waals surface area contributed by atoms with Gasteiger partial charge in [0.25, 0.3) is 5.91 Å². The van der Waals surface area contributed by atoms with E-state index in [0.717, 1.165) is 5.56 Å². The summed E-state index contributed by atoms with van der Waals surface area (Å²) in [5.74, 6) is 1.20. The number of hydrogen-bond acceptors (Lipinski definition) is 7. The molecule has 3 aromatic carbocycles. The van der Waals surface area contributed by atoms with Crippen LogP contribution in [0, 0.1) is 6.92 Å². The van der Waals surface area contributed by atoms with Gasteiger partial charge < -0.3 is 18.9 Å². The number of ether oxygens (including phenoxy) is 4. The summed E-state index contributed by atoms with van der Waals surface area (Å²) in [5.41, 5.74) is 3.90. The third-order valence-corrected chi connectivity index (χ3v) is 4.66. The van der Waals surface area contributed by atoms with Crippen LogP contribution in [0.1, 0.15) is 11.1 Å². The maximum atomic E-state index is 12.0. The van der Waals surface area contributed by atoms with Gasteiger partial charge in [-0.2, -0.15) is 5.10 Å². The minimum Gasteiger partial charge on any atom is -0.497 e. The molecule has 34 heavy (non-hydrogen) atoms. The van der Waals surface area contributed by atoms with Crippen molar-refractivity contribution in [2.75, 3.05) is 20.3 Å². The second-order valence-electron chi connectivity index (χ2n) is 7.00. The molecule has 0 fully saturated rings. The van der Waals surface area contributed by atoms with E-state index in [1.165, 1.54) is 6.21 Å². The fourth-order valence-corrected chi connectivity index (χ4v) is 2.95. The average Bonchev–Trinajstić information content (AvgIpc) is 2.83. The second-order valence-corrected chi connectivity index (χ2v) is 7.44. The Hall–Kier alpha value is -4.04. The van der Waals surface area contributed by atoms with Crippen molar-refractivity contribution in [2.24, 2.45) is 5.10 Å². The number of nitrogens with zero attached hydrogens (tertiary/aromatic N) is 1. The smallest absolute Gasteiger partial charge is 0.349 e. The molecule has 1 amide bonds. The van der Waals surface area contributed by atoms with Crippen LogP contribution in [-0.2, 0) is 9.59 Å². The van der Waals surface area contributed by atoms with Crippen molar-refractivity contribution in [2.45, 2.75) is 6.92 Å². The van der Waals surface area contributed by atoms with Crippen LogP contribution in [0.4, 0.5) is 0 Å². The molecule has 0 saturated heterocycles. The van der Waals surface area contributed by atoms with Gasteiger partial charge in [-0.1, -0.05) is 11.6 Å². The van der Waals surface area contributed by atoms with Crippen LogP contribution in [0.25, 0.3) is 0 Å². The first kappa shape index (κ1) is 24.6. The summed E-state index contributed by atoms with van der Waals surface area (Å²) in [4.78, 5) is 23.9. The first-order valence-corrected chi connectivity index (χ1v) is 10.6. The Bertz CT molecular complexity index is 1150. The van der Waals surface area contributed by atoms with Gasteiger partial charge in [0.2, 0.25) is 0 Å². The van der Waals surface area contributed by atoms with E-state index in [-0.39, 0.29) is 13.2 Å². The van der Waals surface area contributed by atoms with Crippen molar-refractivity contribution in [1.82, 2.24) is 5.43 Å². The zero-order valence-corrected chi connectivity index (χ0v) is 19.4. The minimum atomic E-state index is -0.542. The Labute approximate surface area is 202 Å². The second kappa shape index (κ2) is 12.3. The number of aryl methyl sites for hydroxylation is 1. The lowest BCUT2D eigenvalue weighted by atomic mass is 10.2. The molecule has 0 unspecified atom stereocenters. The highest BCUT2D eigenvalue weighted by molar-refractivity contribution is 6.30. The van der Waals surface area contributed by atoms with E-state index in [4.69, 9.17) is 30.5 Å². The standard InChI is InChI=1S/C25H23ClN2O6/c1-17-13-19(26)5-12-23(17)33-16-25(30)34-22-6-3-18(4-7-22)14-27-28-24(29)15-32-21-10-8-20(31-2)9-11-21/h3-14H,15-16H2,1-2H3,(H,28,29)/b27-14-. The summed E-state index contributed by atoms with van der Waals surface area (Å²) in [6.07, 6.45) is 1.46. The first-order chi connectivity index (χ1) is 16.4. The molecule has 0 aliphatic carbocycles. The van der Waals surface area contributed by atoms with Crippen LogP contribution in [0.3, 0.4) is 0 Å². The van der Waals surface area contributed by atoms with Crippen LogP contribution in [0.2, 0.25) is 5.02 Å². The van der Waals surface area contributed by atoms with Crippen molar-refractivity contribution in [3.05, 3.63) is 82.9 Å². The largest absolute Gasteiger partial charge is 0.497 e. The zero-order chi connectivity index (χ0) is 24.3. The van der Waals surface area contributed by atoms with E-state index >= 15 is 0 Å². The van der Waals surface area contributed by atoms with Crippen molar-refractivity contribution >= 4 is 29.7 Å². The zero-order valence-electron chi connectivity index (χ0n) is 18.6. The summed E-state index contributed by atoms with van der Waals surface area (Å²) >= 11 is 5.91. The van der Waals surface area contributed by atoms with Gasteiger partial charge in [0, 0.05) is 5.02 Å². The third kappa shape index (κ3) is 7.83. The quantitative estimate of drug-likeness (QED) is 0.202. The Morgan fingerprint density at radius 1 is 0.912 bits per heavy atom. The number of benzene rings is 3. The van der Waals surface area contributed by atoms with E-state index in [1.807, 2.05) is 6.92 Å². The van der Waals surface area contributed by atoms with Crippen molar-refractivity contribution in [3.8, 4) is 23.0 Å². The van der Waals surface area contributed by atoms with E-state index in [0.29, 0.717) is 33.6 Å². The first-order valence-electron chi connectivity index (χ1n) is 10.2. The number of carbonyl (C=O) groups is 2. The van der Waals surface area contributed by atoms with Gasteiger partial charge in [-0.15, -0.1) is 0 Å². The number of methoxy groups -OCH3 is 1. The molecule has 3 aromatic rings. The fourth-order valence-electron chi connectivity index (χ4n) is 2.73. The molecule has 0 spiro atoms. The van der Waals surface area contributed by atoms with Crippen LogP contribution in [0.15, 0.2) is 71.8 Å². The molecule has 0 heterocycles. The van der Waals surface area contributed by atoms with Gasteiger partial charge in [-0.3, -0.25) is 4.79 Å². The summed E-state index contributed by atoms with van der Waals surface area (Å²) in [5, 5.41) is 4.48. The molecule has 0 aliphatic rings. The SMILES string of the molecule is COc1ccc(OCC(=O)N/N=C\c2ccc(OC(=O)COc3ccc(Cl)cc3C)cc2)cc1. The van der Waals surface area contributed by atoms with Gasteiger partial charge >= 0.3 is 5.97 Å². The van der Waals surface area contributed by atoms with E-state index < -0.39 is 11.9 Å². The number of hydrogen-bond donors (Lipinski definition) is 1. The minimum absolute atomic E-state index is 0.184. The van der Waals surface area contributed by atoms with Gasteiger partial charge in [0.15, 0.2) is 13.2 Å². The molecule has 9 heteroatoms. The maximum absolute atomic E-state index is 12.0. The number of hydrazone groups is 1. The van der Waals surface area contributed by atoms with Gasteiger partial charge in [0.1, 0.15) is 23.0 Å².